The molecule has 0 atom stereocenters. The minimum Gasteiger partial charge on any atom is -0.333 e. The summed E-state index contributed by atoms with van der Waals surface area (Å²) in [7, 11) is 0. The van der Waals surface area contributed by atoms with Gasteiger partial charge in [0.2, 0.25) is 0 Å². The zero-order valence-electron chi connectivity index (χ0n) is 12.5. The first-order valence-electron chi connectivity index (χ1n) is 7.30. The smallest absolute Gasteiger partial charge is 0.312 e. The van der Waals surface area contributed by atoms with Crippen LogP contribution in [0.5, 0.6) is 0 Å². The standard InChI is InChI=1S/C16H21ClN2O2/c1-12(2)7-8-18-9-10-19(16(21)15(18)20)11-13-3-5-14(17)6-4-13/h3-6,12H,7-11H2,1-2H3. The number of carbonyl (C=O) groups is 2. The van der Waals surface area contributed by atoms with Crippen molar-refractivity contribution >= 4 is 23.4 Å². The Balaban J connectivity index is 1.94. The molecule has 0 radical (unpaired) electrons. The van der Waals surface area contributed by atoms with Crippen molar-refractivity contribution in [3.05, 3.63) is 34.9 Å². The maximum absolute atomic E-state index is 12.2. The number of hydrogen-bond donors (Lipinski definition) is 0. The lowest BCUT2D eigenvalue weighted by molar-refractivity contribution is -0.156. The van der Waals surface area contributed by atoms with E-state index in [0.29, 0.717) is 37.1 Å². The molecule has 1 aromatic carbocycles. The van der Waals surface area contributed by atoms with Crippen LogP contribution in [0.25, 0.3) is 0 Å². The van der Waals surface area contributed by atoms with E-state index in [9.17, 15) is 9.59 Å². The van der Waals surface area contributed by atoms with Crippen LogP contribution in [0, 0.1) is 5.92 Å². The molecular formula is C16H21ClN2O2. The summed E-state index contributed by atoms with van der Waals surface area (Å²) in [6.07, 6.45) is 0.927. The highest BCUT2D eigenvalue weighted by molar-refractivity contribution is 6.35. The van der Waals surface area contributed by atoms with Gasteiger partial charge in [0.1, 0.15) is 0 Å². The molecule has 0 unspecified atom stereocenters. The summed E-state index contributed by atoms with van der Waals surface area (Å²) < 4.78 is 0. The lowest BCUT2D eigenvalue weighted by Gasteiger charge is -2.34. The molecular weight excluding hydrogens is 288 g/mol. The van der Waals surface area contributed by atoms with Crippen molar-refractivity contribution in [3.63, 3.8) is 0 Å². The monoisotopic (exact) mass is 308 g/mol. The Hall–Kier alpha value is -1.55. The van der Waals surface area contributed by atoms with Crippen LogP contribution in [0.3, 0.4) is 0 Å². The first kappa shape index (κ1) is 15.8. The number of carbonyl (C=O) groups excluding carboxylic acids is 2. The summed E-state index contributed by atoms with van der Waals surface area (Å²) in [5.74, 6) is -0.254. The SMILES string of the molecule is CC(C)CCN1CCN(Cc2ccc(Cl)cc2)C(=O)C1=O. The van der Waals surface area contributed by atoms with Gasteiger partial charge in [0.25, 0.3) is 0 Å². The Bertz CT molecular complexity index is 514. The molecule has 1 fully saturated rings. The van der Waals surface area contributed by atoms with Crippen LogP contribution < -0.4 is 0 Å². The molecule has 114 valence electrons. The molecule has 0 bridgehead atoms. The summed E-state index contributed by atoms with van der Waals surface area (Å²) in [4.78, 5) is 27.5. The molecule has 1 aliphatic rings. The fraction of sp³-hybridized carbons (Fsp3) is 0.500. The Morgan fingerprint density at radius 2 is 1.62 bits per heavy atom. The minimum atomic E-state index is -0.403. The van der Waals surface area contributed by atoms with E-state index in [2.05, 4.69) is 13.8 Å². The van der Waals surface area contributed by atoms with Crippen LogP contribution in [0.4, 0.5) is 0 Å². The second-order valence-corrected chi connectivity index (χ2v) is 6.26. The van der Waals surface area contributed by atoms with Gasteiger partial charge in [-0.3, -0.25) is 9.59 Å². The largest absolute Gasteiger partial charge is 0.333 e. The molecule has 1 aliphatic heterocycles. The van der Waals surface area contributed by atoms with Crippen LogP contribution in [0.1, 0.15) is 25.8 Å². The molecule has 2 amide bonds. The van der Waals surface area contributed by atoms with E-state index in [1.807, 2.05) is 12.1 Å². The van der Waals surface area contributed by atoms with Gasteiger partial charge in [-0.1, -0.05) is 37.6 Å². The van der Waals surface area contributed by atoms with Crippen molar-refractivity contribution in [1.29, 1.82) is 0 Å². The van der Waals surface area contributed by atoms with Gasteiger partial charge in [0, 0.05) is 31.2 Å². The van der Waals surface area contributed by atoms with Crippen molar-refractivity contribution in [2.24, 2.45) is 5.92 Å². The predicted molar refractivity (Wildman–Crippen MR) is 82.9 cm³/mol. The van der Waals surface area contributed by atoms with Gasteiger partial charge in [-0.05, 0) is 30.0 Å². The zero-order valence-corrected chi connectivity index (χ0v) is 13.3. The third-order valence-corrected chi connectivity index (χ3v) is 3.91. The van der Waals surface area contributed by atoms with Crippen LogP contribution in [0.15, 0.2) is 24.3 Å². The van der Waals surface area contributed by atoms with Gasteiger partial charge in [-0.25, -0.2) is 0 Å². The number of benzene rings is 1. The van der Waals surface area contributed by atoms with Crippen molar-refractivity contribution < 1.29 is 9.59 Å². The van der Waals surface area contributed by atoms with Crippen molar-refractivity contribution in [3.8, 4) is 0 Å². The summed E-state index contributed by atoms with van der Waals surface area (Å²) in [5, 5.41) is 0.666. The fourth-order valence-corrected chi connectivity index (χ4v) is 2.43. The third-order valence-electron chi connectivity index (χ3n) is 3.66. The Labute approximate surface area is 130 Å². The fourth-order valence-electron chi connectivity index (χ4n) is 2.30. The number of amides is 2. The first-order valence-corrected chi connectivity index (χ1v) is 7.68. The summed E-state index contributed by atoms with van der Waals surface area (Å²) in [6.45, 7) is 6.55. The van der Waals surface area contributed by atoms with Gasteiger partial charge < -0.3 is 9.80 Å². The maximum atomic E-state index is 12.2. The van der Waals surface area contributed by atoms with Gasteiger partial charge >= 0.3 is 11.8 Å². The molecule has 0 aromatic heterocycles. The van der Waals surface area contributed by atoms with Gasteiger partial charge in [-0.15, -0.1) is 0 Å². The van der Waals surface area contributed by atoms with E-state index in [-0.39, 0.29) is 5.91 Å². The number of hydrogen-bond acceptors (Lipinski definition) is 2. The summed E-state index contributed by atoms with van der Waals surface area (Å²) in [5.41, 5.74) is 0.983. The first-order chi connectivity index (χ1) is 9.97. The van der Waals surface area contributed by atoms with Gasteiger partial charge in [0.15, 0.2) is 0 Å². The van der Waals surface area contributed by atoms with E-state index >= 15 is 0 Å². The number of rotatable bonds is 5. The number of nitrogens with zero attached hydrogens (tertiary/aromatic N) is 2. The minimum absolute atomic E-state index is 0.379. The third kappa shape index (κ3) is 4.21. The molecule has 4 nitrogen and oxygen atoms in total. The normalized spacial score (nSPS) is 16.0. The van der Waals surface area contributed by atoms with E-state index in [4.69, 9.17) is 11.6 Å². The van der Waals surface area contributed by atoms with E-state index in [1.165, 1.54) is 0 Å². The molecule has 5 heteroatoms. The predicted octanol–water partition coefficient (Wildman–Crippen LogP) is 2.56. The Morgan fingerprint density at radius 3 is 2.24 bits per heavy atom. The molecule has 21 heavy (non-hydrogen) atoms. The summed E-state index contributed by atoms with van der Waals surface area (Å²) in [6, 6.07) is 7.35. The van der Waals surface area contributed by atoms with Crippen molar-refractivity contribution in [2.45, 2.75) is 26.8 Å². The van der Waals surface area contributed by atoms with Crippen molar-refractivity contribution in [2.75, 3.05) is 19.6 Å². The molecule has 1 saturated heterocycles. The van der Waals surface area contributed by atoms with E-state index in [1.54, 1.807) is 21.9 Å². The highest BCUT2D eigenvalue weighted by Crippen LogP contribution is 2.14. The molecule has 1 aromatic rings. The number of piperazine rings is 1. The van der Waals surface area contributed by atoms with Crippen LogP contribution in [0.2, 0.25) is 5.02 Å². The Morgan fingerprint density at radius 1 is 1.05 bits per heavy atom. The van der Waals surface area contributed by atoms with Crippen molar-refractivity contribution in [1.82, 2.24) is 9.80 Å². The van der Waals surface area contributed by atoms with Gasteiger partial charge in [0.05, 0.1) is 0 Å². The van der Waals surface area contributed by atoms with Crippen LogP contribution >= 0.6 is 11.6 Å². The molecule has 0 aliphatic carbocycles. The van der Waals surface area contributed by atoms with Crippen LogP contribution in [-0.2, 0) is 16.1 Å². The quantitative estimate of drug-likeness (QED) is 0.784. The lowest BCUT2D eigenvalue weighted by atomic mass is 10.1. The highest BCUT2D eigenvalue weighted by Gasteiger charge is 2.32. The van der Waals surface area contributed by atoms with Crippen LogP contribution in [-0.4, -0.2) is 41.2 Å². The van der Waals surface area contributed by atoms with Gasteiger partial charge in [-0.2, -0.15) is 0 Å². The maximum Gasteiger partial charge on any atom is 0.312 e. The van der Waals surface area contributed by atoms with E-state index in [0.717, 1.165) is 12.0 Å². The molecule has 1 heterocycles. The highest BCUT2D eigenvalue weighted by atomic mass is 35.5. The summed E-state index contributed by atoms with van der Waals surface area (Å²) >= 11 is 5.84. The second-order valence-electron chi connectivity index (χ2n) is 5.83. The Kier molecular flexibility index (Phi) is 5.23. The average Bonchev–Trinajstić information content (AvgIpc) is 2.45. The lowest BCUT2D eigenvalue weighted by Crippen LogP contribution is -2.54. The molecule has 0 saturated carbocycles. The second kappa shape index (κ2) is 6.94. The number of halogens is 1. The molecule has 2 rings (SSSR count). The molecule has 0 N–H and O–H groups in total. The van der Waals surface area contributed by atoms with E-state index < -0.39 is 5.91 Å². The topological polar surface area (TPSA) is 40.6 Å². The molecule has 0 spiro atoms. The zero-order chi connectivity index (χ0) is 15.4. The average molecular weight is 309 g/mol.